The summed E-state index contributed by atoms with van der Waals surface area (Å²) in [4.78, 5) is 14.2. The minimum atomic E-state index is -0.205. The van der Waals surface area contributed by atoms with Crippen molar-refractivity contribution in [3.05, 3.63) is 0 Å². The minimum Gasteiger partial charge on any atom is -0.354 e. The Morgan fingerprint density at radius 1 is 1.44 bits per heavy atom. The van der Waals surface area contributed by atoms with Crippen LogP contribution < -0.4 is 10.6 Å². The third-order valence-corrected chi connectivity index (χ3v) is 3.46. The largest absolute Gasteiger partial charge is 0.354 e. The van der Waals surface area contributed by atoms with Crippen LogP contribution in [0.25, 0.3) is 0 Å². The van der Waals surface area contributed by atoms with Gasteiger partial charge < -0.3 is 15.5 Å². The molecule has 1 atom stereocenters. The average molecular weight is 300 g/mol. The lowest BCUT2D eigenvalue weighted by Gasteiger charge is -2.32. The third-order valence-electron chi connectivity index (χ3n) is 3.46. The van der Waals surface area contributed by atoms with Gasteiger partial charge in [0.2, 0.25) is 5.91 Å². The summed E-state index contributed by atoms with van der Waals surface area (Å²) >= 11 is 0. The van der Waals surface area contributed by atoms with Crippen LogP contribution in [-0.2, 0) is 4.79 Å². The normalized spacial score (nSPS) is 22.9. The van der Waals surface area contributed by atoms with Gasteiger partial charge in [-0.25, -0.2) is 0 Å². The van der Waals surface area contributed by atoms with Gasteiger partial charge >= 0.3 is 0 Å². The zero-order valence-corrected chi connectivity index (χ0v) is 13.3. The summed E-state index contributed by atoms with van der Waals surface area (Å²) < 4.78 is 0. The van der Waals surface area contributed by atoms with Gasteiger partial charge in [-0.15, -0.1) is 24.8 Å². The van der Waals surface area contributed by atoms with Crippen molar-refractivity contribution in [1.29, 1.82) is 0 Å². The molecular weight excluding hydrogens is 273 g/mol. The molecule has 1 amide bonds. The molecule has 2 N–H and O–H groups in total. The van der Waals surface area contributed by atoms with E-state index in [2.05, 4.69) is 36.4 Å². The standard InChI is InChI=1S/C12H25N3O.2ClH/c1-4-15(3)9-8-14-11(16)12(2)6-5-7-13-10-12;;/h13H,4-10H2,1-3H3,(H,14,16);2*1H. The molecule has 110 valence electrons. The number of nitrogens with zero attached hydrogens (tertiary/aromatic N) is 1. The Bertz CT molecular complexity index is 233. The summed E-state index contributed by atoms with van der Waals surface area (Å²) in [7, 11) is 2.07. The number of hydrogen-bond acceptors (Lipinski definition) is 3. The first-order valence-electron chi connectivity index (χ1n) is 6.26. The predicted octanol–water partition coefficient (Wildman–Crippen LogP) is 1.29. The highest BCUT2D eigenvalue weighted by Crippen LogP contribution is 2.25. The molecule has 1 aliphatic heterocycles. The fourth-order valence-electron chi connectivity index (χ4n) is 1.98. The summed E-state index contributed by atoms with van der Waals surface area (Å²) in [5, 5.41) is 6.33. The van der Waals surface area contributed by atoms with Crippen molar-refractivity contribution in [2.24, 2.45) is 5.41 Å². The first-order valence-corrected chi connectivity index (χ1v) is 6.26. The Morgan fingerprint density at radius 3 is 2.61 bits per heavy atom. The molecule has 18 heavy (non-hydrogen) atoms. The third kappa shape index (κ3) is 6.23. The molecule has 0 bridgehead atoms. The first-order chi connectivity index (χ1) is 7.58. The van der Waals surface area contributed by atoms with Crippen LogP contribution in [0.2, 0.25) is 0 Å². The van der Waals surface area contributed by atoms with Gasteiger partial charge in [-0.05, 0) is 39.9 Å². The summed E-state index contributed by atoms with van der Waals surface area (Å²) in [6, 6.07) is 0. The molecule has 1 aliphatic rings. The maximum atomic E-state index is 12.0. The molecule has 0 spiro atoms. The van der Waals surface area contributed by atoms with Crippen LogP contribution in [0.15, 0.2) is 0 Å². The molecule has 1 fully saturated rings. The number of halogens is 2. The molecule has 0 aromatic carbocycles. The lowest BCUT2D eigenvalue weighted by Crippen LogP contribution is -2.49. The van der Waals surface area contributed by atoms with Gasteiger partial charge in [-0.1, -0.05) is 6.92 Å². The summed E-state index contributed by atoms with van der Waals surface area (Å²) in [5.74, 6) is 0.198. The molecule has 1 saturated heterocycles. The molecule has 1 heterocycles. The van der Waals surface area contributed by atoms with E-state index in [0.29, 0.717) is 0 Å². The van der Waals surface area contributed by atoms with Crippen LogP contribution in [0.4, 0.5) is 0 Å². The topological polar surface area (TPSA) is 44.4 Å². The zero-order chi connectivity index (χ0) is 12.0. The second-order valence-corrected chi connectivity index (χ2v) is 4.99. The molecule has 0 radical (unpaired) electrons. The lowest BCUT2D eigenvalue weighted by molar-refractivity contribution is -0.131. The number of rotatable bonds is 5. The van der Waals surface area contributed by atoms with Crippen molar-refractivity contribution in [2.75, 3.05) is 39.8 Å². The average Bonchev–Trinajstić information content (AvgIpc) is 2.29. The molecule has 6 heteroatoms. The molecular formula is C12H27Cl2N3O. The van der Waals surface area contributed by atoms with Crippen LogP contribution in [0.5, 0.6) is 0 Å². The summed E-state index contributed by atoms with van der Waals surface area (Å²) in [6.45, 7) is 8.72. The molecule has 0 aromatic rings. The van der Waals surface area contributed by atoms with E-state index in [0.717, 1.165) is 45.6 Å². The van der Waals surface area contributed by atoms with E-state index in [-0.39, 0.29) is 36.1 Å². The summed E-state index contributed by atoms with van der Waals surface area (Å²) in [5.41, 5.74) is -0.205. The SMILES string of the molecule is CCN(C)CCNC(=O)C1(C)CCCNC1.Cl.Cl. The van der Waals surface area contributed by atoms with Crippen molar-refractivity contribution in [3.63, 3.8) is 0 Å². The molecule has 0 aromatic heterocycles. The van der Waals surface area contributed by atoms with Crippen molar-refractivity contribution in [2.45, 2.75) is 26.7 Å². The second-order valence-electron chi connectivity index (χ2n) is 4.99. The number of carbonyl (C=O) groups is 1. The van der Waals surface area contributed by atoms with Crippen LogP contribution >= 0.6 is 24.8 Å². The number of amides is 1. The van der Waals surface area contributed by atoms with E-state index in [9.17, 15) is 4.79 Å². The predicted molar refractivity (Wildman–Crippen MR) is 80.9 cm³/mol. The highest BCUT2D eigenvalue weighted by molar-refractivity contribution is 5.85. The fourth-order valence-corrected chi connectivity index (χ4v) is 1.98. The second kappa shape index (κ2) is 9.84. The lowest BCUT2D eigenvalue weighted by atomic mass is 9.82. The van der Waals surface area contributed by atoms with Crippen LogP contribution in [0, 0.1) is 5.41 Å². The Morgan fingerprint density at radius 2 is 2.11 bits per heavy atom. The van der Waals surface area contributed by atoms with Crippen molar-refractivity contribution in [3.8, 4) is 0 Å². The Kier molecular flexibility index (Phi) is 11.1. The van der Waals surface area contributed by atoms with E-state index in [1.54, 1.807) is 0 Å². The van der Waals surface area contributed by atoms with Crippen LogP contribution in [-0.4, -0.2) is 50.6 Å². The van der Waals surface area contributed by atoms with Gasteiger partial charge in [0.25, 0.3) is 0 Å². The number of hydrogen-bond donors (Lipinski definition) is 2. The quantitative estimate of drug-likeness (QED) is 0.804. The molecule has 1 rings (SSSR count). The maximum absolute atomic E-state index is 12.0. The van der Waals surface area contributed by atoms with Crippen molar-refractivity contribution >= 4 is 30.7 Å². The fraction of sp³-hybridized carbons (Fsp3) is 0.917. The molecule has 0 saturated carbocycles. The van der Waals surface area contributed by atoms with Gasteiger partial charge in [-0.2, -0.15) is 0 Å². The van der Waals surface area contributed by atoms with Gasteiger partial charge in [0.05, 0.1) is 5.41 Å². The smallest absolute Gasteiger partial charge is 0.227 e. The van der Waals surface area contributed by atoms with E-state index < -0.39 is 0 Å². The van der Waals surface area contributed by atoms with E-state index >= 15 is 0 Å². The van der Waals surface area contributed by atoms with Gasteiger partial charge in [0, 0.05) is 19.6 Å². The molecule has 4 nitrogen and oxygen atoms in total. The Balaban J connectivity index is 0. The van der Waals surface area contributed by atoms with Gasteiger partial charge in [-0.3, -0.25) is 4.79 Å². The molecule has 0 aliphatic carbocycles. The first kappa shape index (κ1) is 20.3. The Labute approximate surface area is 123 Å². The van der Waals surface area contributed by atoms with E-state index in [1.807, 2.05) is 0 Å². The summed E-state index contributed by atoms with van der Waals surface area (Å²) in [6.07, 6.45) is 2.09. The van der Waals surface area contributed by atoms with Crippen molar-refractivity contribution in [1.82, 2.24) is 15.5 Å². The number of piperidine rings is 1. The number of carbonyl (C=O) groups excluding carboxylic acids is 1. The minimum absolute atomic E-state index is 0. The van der Waals surface area contributed by atoms with E-state index in [1.165, 1.54) is 0 Å². The number of likely N-dealkylation sites (N-methyl/N-ethyl adjacent to an activating group) is 1. The highest BCUT2D eigenvalue weighted by atomic mass is 35.5. The zero-order valence-electron chi connectivity index (χ0n) is 11.6. The monoisotopic (exact) mass is 299 g/mol. The number of nitrogens with one attached hydrogen (secondary N) is 2. The van der Waals surface area contributed by atoms with Gasteiger partial charge in [0.1, 0.15) is 0 Å². The van der Waals surface area contributed by atoms with Crippen LogP contribution in [0.1, 0.15) is 26.7 Å². The van der Waals surface area contributed by atoms with Crippen LogP contribution in [0.3, 0.4) is 0 Å². The Hall–Kier alpha value is -0.0300. The maximum Gasteiger partial charge on any atom is 0.227 e. The highest BCUT2D eigenvalue weighted by Gasteiger charge is 2.34. The van der Waals surface area contributed by atoms with E-state index in [4.69, 9.17) is 0 Å². The van der Waals surface area contributed by atoms with Crippen molar-refractivity contribution < 1.29 is 4.79 Å². The van der Waals surface area contributed by atoms with Gasteiger partial charge in [0.15, 0.2) is 0 Å². The molecule has 1 unspecified atom stereocenters.